The maximum atomic E-state index is 5.79. The van der Waals surface area contributed by atoms with E-state index in [0.29, 0.717) is 45.5 Å². The smallest absolute Gasteiger partial charge is 0.196 e. The molecule has 164 valence electrons. The summed E-state index contributed by atoms with van der Waals surface area (Å²) in [5.74, 6) is 2.23. The fourth-order valence-electron chi connectivity index (χ4n) is 2.77. The van der Waals surface area contributed by atoms with Crippen molar-refractivity contribution in [1.82, 2.24) is 10.3 Å². The number of benzene rings is 1. The van der Waals surface area contributed by atoms with Gasteiger partial charge in [-0.1, -0.05) is 0 Å². The predicted octanol–water partition coefficient (Wildman–Crippen LogP) is 3.22. The van der Waals surface area contributed by atoms with Crippen LogP contribution in [0.15, 0.2) is 28.7 Å². The predicted molar refractivity (Wildman–Crippen MR) is 119 cm³/mol. The molecule has 0 fully saturated rings. The number of methoxy groups -OCH3 is 1. The highest BCUT2D eigenvalue weighted by Gasteiger charge is 2.11. The van der Waals surface area contributed by atoms with Crippen molar-refractivity contribution in [1.29, 1.82) is 0 Å². The van der Waals surface area contributed by atoms with Gasteiger partial charge in [-0.25, -0.2) is 9.98 Å². The highest BCUT2D eigenvalue weighted by atomic mass is 32.1. The zero-order valence-electron chi connectivity index (χ0n) is 17.6. The van der Waals surface area contributed by atoms with E-state index < -0.39 is 0 Å². The third-order valence-corrected chi connectivity index (χ3v) is 5.35. The first-order valence-corrected chi connectivity index (χ1v) is 11.0. The second-order valence-corrected chi connectivity index (χ2v) is 7.69. The summed E-state index contributed by atoms with van der Waals surface area (Å²) >= 11 is 1.62. The lowest BCUT2D eigenvalue weighted by molar-refractivity contribution is 0.0699. The normalized spacial score (nSPS) is 13.7. The van der Waals surface area contributed by atoms with Gasteiger partial charge in [0.05, 0.1) is 44.2 Å². The first-order valence-electron chi connectivity index (χ1n) is 10.2. The number of nitrogens with one attached hydrogen (secondary N) is 2. The number of rotatable bonds is 10. The Labute approximate surface area is 181 Å². The van der Waals surface area contributed by atoms with Gasteiger partial charge < -0.3 is 29.6 Å². The standard InChI is InChI=1S/C21H30N4O4S/c1-16-20(30-15-24-16)14-23-21(22-7-3-8-27-12-11-26-2)25-17-5-6-18-19(13-17)29-10-4-9-28-18/h5-6,13,15H,3-4,7-12,14H2,1-2H3,(H2,22,23,25). The lowest BCUT2D eigenvalue weighted by Crippen LogP contribution is -2.32. The lowest BCUT2D eigenvalue weighted by Gasteiger charge is -2.14. The number of aromatic nitrogens is 1. The zero-order valence-corrected chi connectivity index (χ0v) is 18.4. The second kappa shape index (κ2) is 12.4. The quantitative estimate of drug-likeness (QED) is 0.337. The van der Waals surface area contributed by atoms with Crippen LogP contribution in [-0.2, 0) is 16.0 Å². The van der Waals surface area contributed by atoms with E-state index in [1.165, 1.54) is 0 Å². The van der Waals surface area contributed by atoms with Crippen molar-refractivity contribution in [2.45, 2.75) is 26.3 Å². The molecule has 3 rings (SSSR count). The summed E-state index contributed by atoms with van der Waals surface area (Å²) in [5, 5.41) is 6.74. The van der Waals surface area contributed by atoms with Gasteiger partial charge >= 0.3 is 0 Å². The molecule has 0 radical (unpaired) electrons. The SMILES string of the molecule is COCCOCCCNC(=NCc1scnc1C)Nc1ccc2c(c1)OCCCO2. The van der Waals surface area contributed by atoms with E-state index in [2.05, 4.69) is 15.6 Å². The van der Waals surface area contributed by atoms with Gasteiger partial charge in [-0.2, -0.15) is 0 Å². The lowest BCUT2D eigenvalue weighted by atomic mass is 10.2. The number of thiazole rings is 1. The summed E-state index contributed by atoms with van der Waals surface area (Å²) in [6.45, 7) is 6.53. The van der Waals surface area contributed by atoms with E-state index in [9.17, 15) is 0 Å². The fourth-order valence-corrected chi connectivity index (χ4v) is 3.47. The van der Waals surface area contributed by atoms with Gasteiger partial charge in [0.15, 0.2) is 17.5 Å². The molecule has 2 heterocycles. The molecule has 1 aliphatic heterocycles. The highest BCUT2D eigenvalue weighted by molar-refractivity contribution is 7.09. The van der Waals surface area contributed by atoms with E-state index in [1.807, 2.05) is 30.6 Å². The highest BCUT2D eigenvalue weighted by Crippen LogP contribution is 2.32. The molecule has 2 aromatic rings. The number of hydrogen-bond donors (Lipinski definition) is 2. The van der Waals surface area contributed by atoms with Crippen LogP contribution in [0.3, 0.4) is 0 Å². The molecule has 0 saturated heterocycles. The molecule has 0 spiro atoms. The van der Waals surface area contributed by atoms with Crippen LogP contribution in [0.25, 0.3) is 0 Å². The van der Waals surface area contributed by atoms with Crippen LogP contribution in [0.4, 0.5) is 5.69 Å². The Balaban J connectivity index is 1.60. The molecule has 0 unspecified atom stereocenters. The van der Waals surface area contributed by atoms with Crippen LogP contribution >= 0.6 is 11.3 Å². The summed E-state index contributed by atoms with van der Waals surface area (Å²) in [6.07, 6.45) is 1.75. The van der Waals surface area contributed by atoms with Gasteiger partial charge in [0.1, 0.15) is 0 Å². The minimum atomic E-state index is 0.570. The van der Waals surface area contributed by atoms with Gasteiger partial charge in [0.2, 0.25) is 0 Å². The Hall–Kier alpha value is -2.36. The minimum Gasteiger partial charge on any atom is -0.490 e. The molecule has 0 saturated carbocycles. The molecular weight excluding hydrogens is 404 g/mol. The Morgan fingerprint density at radius 1 is 1.20 bits per heavy atom. The molecule has 8 nitrogen and oxygen atoms in total. The van der Waals surface area contributed by atoms with Crippen LogP contribution < -0.4 is 20.1 Å². The topological polar surface area (TPSA) is 86.2 Å². The van der Waals surface area contributed by atoms with E-state index >= 15 is 0 Å². The first kappa shape index (κ1) is 22.3. The van der Waals surface area contributed by atoms with Crippen molar-refractivity contribution < 1.29 is 18.9 Å². The van der Waals surface area contributed by atoms with Crippen LogP contribution in [0.1, 0.15) is 23.4 Å². The summed E-state index contributed by atoms with van der Waals surface area (Å²) < 4.78 is 22.0. The summed E-state index contributed by atoms with van der Waals surface area (Å²) in [6, 6.07) is 5.85. The number of nitrogens with zero attached hydrogens (tertiary/aromatic N) is 2. The van der Waals surface area contributed by atoms with Gasteiger partial charge in [-0.05, 0) is 25.5 Å². The van der Waals surface area contributed by atoms with Crippen molar-refractivity contribution in [3.63, 3.8) is 0 Å². The number of fused-ring (bicyclic) bond motifs is 1. The molecule has 1 aromatic heterocycles. The molecule has 0 atom stereocenters. The van der Waals surface area contributed by atoms with Gasteiger partial charge in [-0.15, -0.1) is 11.3 Å². The Morgan fingerprint density at radius 2 is 2.07 bits per heavy atom. The number of anilines is 1. The number of aryl methyl sites for hydroxylation is 1. The Morgan fingerprint density at radius 3 is 2.87 bits per heavy atom. The van der Waals surface area contributed by atoms with E-state index in [1.54, 1.807) is 18.4 Å². The molecule has 1 aromatic carbocycles. The zero-order chi connectivity index (χ0) is 21.0. The second-order valence-electron chi connectivity index (χ2n) is 6.75. The fraction of sp³-hybridized carbons (Fsp3) is 0.524. The van der Waals surface area contributed by atoms with Crippen molar-refractivity contribution in [3.05, 3.63) is 34.3 Å². The van der Waals surface area contributed by atoms with E-state index in [4.69, 9.17) is 23.9 Å². The number of guanidine groups is 1. The number of hydrogen-bond acceptors (Lipinski definition) is 7. The molecule has 1 aliphatic rings. The first-order chi connectivity index (χ1) is 14.8. The van der Waals surface area contributed by atoms with Gasteiger partial charge in [0.25, 0.3) is 0 Å². The molecule has 0 amide bonds. The Bertz CT molecular complexity index is 812. The average Bonchev–Trinajstić information content (AvgIpc) is 3.02. The molecule has 0 bridgehead atoms. The van der Waals surface area contributed by atoms with Crippen LogP contribution in [0.5, 0.6) is 11.5 Å². The van der Waals surface area contributed by atoms with Crippen molar-refractivity contribution >= 4 is 23.0 Å². The summed E-state index contributed by atoms with van der Waals surface area (Å²) in [7, 11) is 1.67. The maximum absolute atomic E-state index is 5.79. The third-order valence-electron chi connectivity index (χ3n) is 4.43. The van der Waals surface area contributed by atoms with Crippen LogP contribution in [-0.4, -0.2) is 57.6 Å². The summed E-state index contributed by atoms with van der Waals surface area (Å²) in [5.41, 5.74) is 3.76. The Kier molecular flexibility index (Phi) is 9.20. The van der Waals surface area contributed by atoms with Crippen molar-refractivity contribution in [2.24, 2.45) is 4.99 Å². The molecule has 0 aliphatic carbocycles. The molecule has 2 N–H and O–H groups in total. The monoisotopic (exact) mass is 434 g/mol. The minimum absolute atomic E-state index is 0.570. The largest absolute Gasteiger partial charge is 0.490 e. The summed E-state index contributed by atoms with van der Waals surface area (Å²) in [4.78, 5) is 10.2. The van der Waals surface area contributed by atoms with Gasteiger partial charge in [0, 0.05) is 43.3 Å². The average molecular weight is 435 g/mol. The van der Waals surface area contributed by atoms with Crippen LogP contribution in [0, 0.1) is 6.92 Å². The number of aliphatic imine (C=N–C) groups is 1. The van der Waals surface area contributed by atoms with Crippen molar-refractivity contribution in [3.8, 4) is 11.5 Å². The molecule has 9 heteroatoms. The molecule has 30 heavy (non-hydrogen) atoms. The van der Waals surface area contributed by atoms with E-state index in [0.717, 1.165) is 47.1 Å². The van der Waals surface area contributed by atoms with E-state index in [-0.39, 0.29) is 0 Å². The van der Waals surface area contributed by atoms with Crippen LogP contribution in [0.2, 0.25) is 0 Å². The maximum Gasteiger partial charge on any atom is 0.196 e. The number of ether oxygens (including phenoxy) is 4. The molecular formula is C21H30N4O4S. The third kappa shape index (κ3) is 7.16. The van der Waals surface area contributed by atoms with Crippen molar-refractivity contribution in [2.75, 3.05) is 52.0 Å². The van der Waals surface area contributed by atoms with Gasteiger partial charge in [-0.3, -0.25) is 0 Å².